The van der Waals surface area contributed by atoms with Gasteiger partial charge < -0.3 is 14.5 Å². The third-order valence-corrected chi connectivity index (χ3v) is 4.58. The molecule has 1 fully saturated rings. The minimum atomic E-state index is -0.606. The van der Waals surface area contributed by atoms with Crippen molar-refractivity contribution in [2.45, 2.75) is 52.0 Å². The van der Waals surface area contributed by atoms with Gasteiger partial charge in [0.25, 0.3) is 5.91 Å². The van der Waals surface area contributed by atoms with Crippen molar-refractivity contribution in [2.24, 2.45) is 11.1 Å². The van der Waals surface area contributed by atoms with Crippen molar-refractivity contribution in [3.05, 3.63) is 35.9 Å². The van der Waals surface area contributed by atoms with Gasteiger partial charge in [-0.05, 0) is 25.3 Å². The summed E-state index contributed by atoms with van der Waals surface area (Å²) in [6.45, 7) is 8.64. The number of nitrogens with zero attached hydrogens (tertiary/aromatic N) is 2. The molecule has 0 radical (unpaired) electrons. The van der Waals surface area contributed by atoms with E-state index in [0.717, 1.165) is 11.3 Å². The molecule has 1 aromatic carbocycles. The maximum Gasteiger partial charge on any atom is 0.269 e. The van der Waals surface area contributed by atoms with E-state index in [1.165, 1.54) is 0 Å². The zero-order valence-electron chi connectivity index (χ0n) is 14.2. The lowest BCUT2D eigenvalue weighted by Crippen LogP contribution is -2.53. The number of hydrogen-bond acceptors (Lipinski definition) is 4. The summed E-state index contributed by atoms with van der Waals surface area (Å²) in [6, 6.07) is 9.91. The van der Waals surface area contributed by atoms with Crippen molar-refractivity contribution < 1.29 is 14.4 Å². The Hall–Kier alpha value is -1.88. The van der Waals surface area contributed by atoms with Gasteiger partial charge in [-0.25, -0.2) is 0 Å². The van der Waals surface area contributed by atoms with Crippen LogP contribution in [0.2, 0.25) is 0 Å². The van der Waals surface area contributed by atoms with Crippen molar-refractivity contribution in [1.82, 2.24) is 4.90 Å². The summed E-state index contributed by atoms with van der Waals surface area (Å²) < 4.78 is 5.83. The van der Waals surface area contributed by atoms with Gasteiger partial charge >= 0.3 is 0 Å². The molecule has 124 valence electrons. The topological polar surface area (TPSA) is 51.1 Å². The average molecular weight is 316 g/mol. The second-order valence-electron chi connectivity index (χ2n) is 6.98. The van der Waals surface area contributed by atoms with Gasteiger partial charge in [0, 0.05) is 6.42 Å². The Morgan fingerprint density at radius 3 is 2.65 bits per heavy atom. The molecule has 1 aromatic rings. The summed E-state index contributed by atoms with van der Waals surface area (Å²) in [6.07, 6.45) is -0.0623. The molecule has 2 heterocycles. The smallest absolute Gasteiger partial charge is 0.269 e. The zero-order chi connectivity index (χ0) is 16.6. The van der Waals surface area contributed by atoms with Crippen LogP contribution in [0.3, 0.4) is 0 Å². The highest BCUT2D eigenvalue weighted by molar-refractivity contribution is 6.04. The molecule has 0 aromatic heterocycles. The van der Waals surface area contributed by atoms with E-state index in [9.17, 15) is 4.79 Å². The molecule has 2 aliphatic heterocycles. The number of amides is 1. The largest absolute Gasteiger partial charge is 0.382 e. The van der Waals surface area contributed by atoms with E-state index in [0.29, 0.717) is 18.9 Å². The molecule has 2 atom stereocenters. The maximum absolute atomic E-state index is 13.0. The van der Waals surface area contributed by atoms with Gasteiger partial charge in [-0.3, -0.25) is 4.79 Å². The molecule has 5 nitrogen and oxygen atoms in total. The molecule has 3 rings (SSSR count). The summed E-state index contributed by atoms with van der Waals surface area (Å²) >= 11 is 0. The highest BCUT2D eigenvalue weighted by Gasteiger charge is 2.48. The predicted molar refractivity (Wildman–Crippen MR) is 88.0 cm³/mol. The van der Waals surface area contributed by atoms with Gasteiger partial charge in [0.2, 0.25) is 6.10 Å². The minimum absolute atomic E-state index is 0.0409. The highest BCUT2D eigenvalue weighted by Crippen LogP contribution is 2.33. The molecule has 1 amide bonds. The van der Waals surface area contributed by atoms with Crippen LogP contribution < -0.4 is 0 Å². The molecule has 2 aliphatic rings. The fourth-order valence-corrected chi connectivity index (χ4v) is 3.22. The van der Waals surface area contributed by atoms with Crippen LogP contribution in [0.15, 0.2) is 35.5 Å². The lowest BCUT2D eigenvalue weighted by molar-refractivity contribution is -0.157. The first-order chi connectivity index (χ1) is 10.9. The van der Waals surface area contributed by atoms with Crippen LogP contribution in [0.4, 0.5) is 0 Å². The van der Waals surface area contributed by atoms with Crippen LogP contribution in [0, 0.1) is 5.92 Å². The van der Waals surface area contributed by atoms with Gasteiger partial charge in [0.1, 0.15) is 5.72 Å². The Balaban J connectivity index is 1.74. The van der Waals surface area contributed by atoms with Gasteiger partial charge in [-0.2, -0.15) is 0 Å². The van der Waals surface area contributed by atoms with Crippen molar-refractivity contribution in [3.63, 3.8) is 0 Å². The van der Waals surface area contributed by atoms with Crippen molar-refractivity contribution in [2.75, 3.05) is 6.61 Å². The molecule has 0 bridgehead atoms. The van der Waals surface area contributed by atoms with Gasteiger partial charge in [0.15, 0.2) is 0 Å². The molecule has 1 saturated heterocycles. The molecular formula is C18H24N2O3. The van der Waals surface area contributed by atoms with Crippen LogP contribution >= 0.6 is 0 Å². The van der Waals surface area contributed by atoms with Crippen LogP contribution in [0.5, 0.6) is 0 Å². The number of hydrogen-bond donors (Lipinski definition) is 0. The summed E-state index contributed by atoms with van der Waals surface area (Å²) in [5.41, 5.74) is 1.22. The van der Waals surface area contributed by atoms with Crippen LogP contribution in [-0.2, 0) is 14.4 Å². The Kier molecular flexibility index (Phi) is 4.15. The van der Waals surface area contributed by atoms with Crippen molar-refractivity contribution >= 4 is 11.6 Å². The van der Waals surface area contributed by atoms with Crippen molar-refractivity contribution in [1.29, 1.82) is 0 Å². The van der Waals surface area contributed by atoms with E-state index in [2.05, 4.69) is 19.0 Å². The minimum Gasteiger partial charge on any atom is -0.382 e. The number of rotatable bonds is 3. The lowest BCUT2D eigenvalue weighted by atomic mass is 10.00. The molecule has 0 N–H and O–H groups in total. The first kappa shape index (κ1) is 16.0. The molecule has 0 unspecified atom stereocenters. The molecular weight excluding hydrogens is 292 g/mol. The normalized spacial score (nSPS) is 26.3. The molecule has 0 spiro atoms. The van der Waals surface area contributed by atoms with E-state index in [4.69, 9.17) is 9.57 Å². The number of benzene rings is 1. The summed E-state index contributed by atoms with van der Waals surface area (Å²) in [4.78, 5) is 20.3. The maximum atomic E-state index is 13.0. The SMILES string of the molecule is CC(C)[C@H]1COC(C)(C)N1C(=O)[C@@H]1CC(c2ccccc2)=NO1. The fraction of sp³-hybridized carbons (Fsp3) is 0.556. The molecule has 0 saturated carbocycles. The third kappa shape index (κ3) is 2.98. The van der Waals surface area contributed by atoms with Crippen LogP contribution in [0.1, 0.15) is 39.7 Å². The lowest BCUT2D eigenvalue weighted by Gasteiger charge is -2.36. The third-order valence-electron chi connectivity index (χ3n) is 4.58. The van der Waals surface area contributed by atoms with E-state index in [1.807, 2.05) is 49.1 Å². The monoisotopic (exact) mass is 316 g/mol. The molecule has 5 heteroatoms. The summed E-state index contributed by atoms with van der Waals surface area (Å²) in [5, 5.41) is 4.13. The quantitative estimate of drug-likeness (QED) is 0.861. The fourth-order valence-electron chi connectivity index (χ4n) is 3.22. The second kappa shape index (κ2) is 5.96. The summed E-state index contributed by atoms with van der Waals surface area (Å²) in [7, 11) is 0. The molecule has 0 aliphatic carbocycles. The first-order valence-electron chi connectivity index (χ1n) is 8.15. The number of carbonyl (C=O) groups is 1. The van der Waals surface area contributed by atoms with E-state index in [-0.39, 0.29) is 11.9 Å². The molecule has 23 heavy (non-hydrogen) atoms. The zero-order valence-corrected chi connectivity index (χ0v) is 14.2. The van der Waals surface area contributed by atoms with E-state index >= 15 is 0 Å². The van der Waals surface area contributed by atoms with Crippen LogP contribution in [0.25, 0.3) is 0 Å². The number of carbonyl (C=O) groups excluding carboxylic acids is 1. The highest BCUT2D eigenvalue weighted by atomic mass is 16.6. The standard InChI is InChI=1S/C18H24N2O3/c1-12(2)15-11-22-18(3,4)20(15)17(21)16-10-14(19-23-16)13-8-6-5-7-9-13/h5-9,12,15-16H,10-11H2,1-4H3/t15-,16+/m1/s1. The Morgan fingerprint density at radius 2 is 2.00 bits per heavy atom. The van der Waals surface area contributed by atoms with Gasteiger partial charge in [-0.15, -0.1) is 0 Å². The Labute approximate surface area is 137 Å². The Bertz CT molecular complexity index is 610. The van der Waals surface area contributed by atoms with Gasteiger partial charge in [-0.1, -0.05) is 49.3 Å². The van der Waals surface area contributed by atoms with Crippen molar-refractivity contribution in [3.8, 4) is 0 Å². The second-order valence-corrected chi connectivity index (χ2v) is 6.98. The first-order valence-corrected chi connectivity index (χ1v) is 8.15. The van der Waals surface area contributed by atoms with Gasteiger partial charge in [0.05, 0.1) is 18.4 Å². The van der Waals surface area contributed by atoms with Crippen LogP contribution in [-0.4, -0.2) is 41.0 Å². The van der Waals surface area contributed by atoms with E-state index < -0.39 is 11.8 Å². The number of ether oxygens (including phenoxy) is 1. The Morgan fingerprint density at radius 1 is 1.30 bits per heavy atom. The predicted octanol–water partition coefficient (Wildman–Crippen LogP) is 2.80. The number of oxime groups is 1. The average Bonchev–Trinajstić information content (AvgIpc) is 3.12. The van der Waals surface area contributed by atoms with E-state index in [1.54, 1.807) is 0 Å². The summed E-state index contributed by atoms with van der Waals surface area (Å²) in [5.74, 6) is 0.289.